The van der Waals surface area contributed by atoms with Crippen molar-refractivity contribution in [2.24, 2.45) is 4.99 Å². The summed E-state index contributed by atoms with van der Waals surface area (Å²) in [5.41, 5.74) is 1.23. The summed E-state index contributed by atoms with van der Waals surface area (Å²) in [6.45, 7) is 5.36. The fourth-order valence-electron chi connectivity index (χ4n) is 2.34. The van der Waals surface area contributed by atoms with Crippen LogP contribution in [0.5, 0.6) is 0 Å². The molecule has 1 aromatic rings. The largest absolute Gasteiger partial charge is 0.376 e. The van der Waals surface area contributed by atoms with E-state index in [1.165, 1.54) is 5.56 Å². The van der Waals surface area contributed by atoms with E-state index in [2.05, 4.69) is 28.6 Å². The molecule has 5 heteroatoms. The maximum atomic E-state index is 5.99. The average molecular weight is 310 g/mol. The Kier molecular flexibility index (Phi) is 6.83. The predicted octanol–water partition coefficient (Wildman–Crippen LogP) is 2.62. The maximum Gasteiger partial charge on any atom is 0.191 e. The van der Waals surface area contributed by atoms with Gasteiger partial charge in [-0.3, -0.25) is 4.99 Å². The van der Waals surface area contributed by atoms with E-state index in [-0.39, 0.29) is 6.10 Å². The van der Waals surface area contributed by atoms with Gasteiger partial charge in [0.25, 0.3) is 0 Å². The molecule has 0 spiro atoms. The van der Waals surface area contributed by atoms with Crippen LogP contribution in [0.25, 0.3) is 0 Å². The Morgan fingerprint density at radius 1 is 1.43 bits per heavy atom. The molecule has 4 nitrogen and oxygen atoms in total. The van der Waals surface area contributed by atoms with E-state index < -0.39 is 0 Å². The molecule has 1 unspecified atom stereocenters. The zero-order chi connectivity index (χ0) is 14.9. The first-order valence-corrected chi connectivity index (χ1v) is 8.04. The number of halogens is 1. The Bertz CT molecular complexity index is 459. The van der Waals surface area contributed by atoms with Crippen molar-refractivity contribution >= 4 is 17.6 Å². The molecule has 0 radical (unpaired) electrons. The molecule has 0 aliphatic carbocycles. The van der Waals surface area contributed by atoms with Crippen LogP contribution in [-0.2, 0) is 11.2 Å². The van der Waals surface area contributed by atoms with E-state index in [1.807, 2.05) is 18.2 Å². The lowest BCUT2D eigenvalue weighted by atomic mass is 10.1. The van der Waals surface area contributed by atoms with Crippen LogP contribution in [0.2, 0.25) is 5.02 Å². The van der Waals surface area contributed by atoms with Crippen molar-refractivity contribution in [2.75, 3.05) is 26.2 Å². The molecule has 2 rings (SSSR count). The summed E-state index contributed by atoms with van der Waals surface area (Å²) in [5.74, 6) is 0.857. The number of hydrogen-bond donors (Lipinski definition) is 2. The summed E-state index contributed by atoms with van der Waals surface area (Å²) >= 11 is 5.99. The molecule has 0 saturated carbocycles. The van der Waals surface area contributed by atoms with Crippen LogP contribution in [-0.4, -0.2) is 38.3 Å². The summed E-state index contributed by atoms with van der Waals surface area (Å²) in [5, 5.41) is 7.40. The van der Waals surface area contributed by atoms with Gasteiger partial charge in [-0.1, -0.05) is 23.7 Å². The summed E-state index contributed by atoms with van der Waals surface area (Å²) < 4.78 is 5.59. The summed E-state index contributed by atoms with van der Waals surface area (Å²) in [4.78, 5) is 4.59. The van der Waals surface area contributed by atoms with Gasteiger partial charge in [-0.2, -0.15) is 0 Å². The third-order valence-corrected chi connectivity index (χ3v) is 3.65. The highest BCUT2D eigenvalue weighted by molar-refractivity contribution is 6.30. The topological polar surface area (TPSA) is 45.7 Å². The molecule has 1 heterocycles. The number of benzene rings is 1. The van der Waals surface area contributed by atoms with Gasteiger partial charge in [0.15, 0.2) is 5.96 Å². The Balaban J connectivity index is 1.77. The molecular formula is C16H24ClN3O. The van der Waals surface area contributed by atoms with Crippen molar-refractivity contribution in [3.8, 4) is 0 Å². The summed E-state index contributed by atoms with van der Waals surface area (Å²) in [6, 6.07) is 7.96. The second-order valence-electron chi connectivity index (χ2n) is 5.16. The fraction of sp³-hybridized carbons (Fsp3) is 0.562. The van der Waals surface area contributed by atoms with Crippen molar-refractivity contribution in [2.45, 2.75) is 32.3 Å². The molecule has 116 valence electrons. The third-order valence-electron chi connectivity index (χ3n) is 3.42. The Morgan fingerprint density at radius 3 is 3.05 bits per heavy atom. The van der Waals surface area contributed by atoms with Crippen molar-refractivity contribution in [1.82, 2.24) is 10.6 Å². The van der Waals surface area contributed by atoms with Gasteiger partial charge in [0.1, 0.15) is 0 Å². The SMILES string of the molecule is CCNC(=NCC1CCCO1)NCCc1cccc(Cl)c1. The van der Waals surface area contributed by atoms with Crippen molar-refractivity contribution in [3.63, 3.8) is 0 Å². The van der Waals surface area contributed by atoms with Crippen molar-refractivity contribution < 1.29 is 4.74 Å². The summed E-state index contributed by atoms with van der Waals surface area (Å²) in [6.07, 6.45) is 3.48. The second-order valence-corrected chi connectivity index (χ2v) is 5.60. The standard InChI is InChI=1S/C16H24ClN3O/c1-2-18-16(20-12-15-7-4-10-21-15)19-9-8-13-5-3-6-14(17)11-13/h3,5-6,11,15H,2,4,7-10,12H2,1H3,(H2,18,19,20). The average Bonchev–Trinajstić information content (AvgIpc) is 2.98. The smallest absolute Gasteiger partial charge is 0.191 e. The monoisotopic (exact) mass is 309 g/mol. The quantitative estimate of drug-likeness (QED) is 0.627. The molecule has 1 aromatic carbocycles. The molecule has 2 N–H and O–H groups in total. The van der Waals surface area contributed by atoms with E-state index in [4.69, 9.17) is 16.3 Å². The third kappa shape index (κ3) is 5.94. The lowest BCUT2D eigenvalue weighted by molar-refractivity contribution is 0.117. The maximum absolute atomic E-state index is 5.99. The first-order valence-electron chi connectivity index (χ1n) is 7.66. The molecule has 1 aliphatic rings. The predicted molar refractivity (Wildman–Crippen MR) is 88.1 cm³/mol. The molecule has 0 bridgehead atoms. The minimum absolute atomic E-state index is 0.286. The van der Waals surface area contributed by atoms with Crippen LogP contribution in [0.3, 0.4) is 0 Å². The van der Waals surface area contributed by atoms with Crippen LogP contribution in [0.1, 0.15) is 25.3 Å². The van der Waals surface area contributed by atoms with Crippen LogP contribution in [0, 0.1) is 0 Å². The van der Waals surface area contributed by atoms with E-state index in [9.17, 15) is 0 Å². The highest BCUT2D eigenvalue weighted by Gasteiger charge is 2.14. The molecule has 1 atom stereocenters. The van der Waals surface area contributed by atoms with E-state index in [0.29, 0.717) is 0 Å². The zero-order valence-electron chi connectivity index (χ0n) is 12.6. The van der Waals surface area contributed by atoms with Crippen LogP contribution in [0.4, 0.5) is 0 Å². The van der Waals surface area contributed by atoms with Gasteiger partial charge in [-0.15, -0.1) is 0 Å². The van der Waals surface area contributed by atoms with Crippen LogP contribution < -0.4 is 10.6 Å². The molecule has 21 heavy (non-hydrogen) atoms. The van der Waals surface area contributed by atoms with Gasteiger partial charge >= 0.3 is 0 Å². The van der Waals surface area contributed by atoms with Crippen LogP contribution in [0.15, 0.2) is 29.3 Å². The molecule has 1 fully saturated rings. The molecular weight excluding hydrogens is 286 g/mol. The molecule has 0 amide bonds. The normalized spacial score (nSPS) is 18.8. The number of ether oxygens (including phenoxy) is 1. The van der Waals surface area contributed by atoms with Crippen LogP contribution >= 0.6 is 11.6 Å². The first kappa shape index (κ1) is 16.1. The van der Waals surface area contributed by atoms with Gasteiger partial charge in [0, 0.05) is 24.7 Å². The first-order chi connectivity index (χ1) is 10.3. The van der Waals surface area contributed by atoms with Gasteiger partial charge in [0.2, 0.25) is 0 Å². The van der Waals surface area contributed by atoms with Gasteiger partial charge in [-0.05, 0) is 43.9 Å². The lowest BCUT2D eigenvalue weighted by Gasteiger charge is -2.13. The number of aliphatic imine (C=N–C) groups is 1. The minimum atomic E-state index is 0.286. The fourth-order valence-corrected chi connectivity index (χ4v) is 2.55. The van der Waals surface area contributed by atoms with Gasteiger partial charge in [-0.25, -0.2) is 0 Å². The summed E-state index contributed by atoms with van der Waals surface area (Å²) in [7, 11) is 0. The lowest BCUT2D eigenvalue weighted by Crippen LogP contribution is -2.38. The Hall–Kier alpha value is -1.26. The zero-order valence-corrected chi connectivity index (χ0v) is 13.3. The number of guanidine groups is 1. The van der Waals surface area contributed by atoms with Crippen molar-refractivity contribution in [3.05, 3.63) is 34.9 Å². The number of hydrogen-bond acceptors (Lipinski definition) is 2. The highest BCUT2D eigenvalue weighted by Crippen LogP contribution is 2.12. The van der Waals surface area contributed by atoms with E-state index in [1.54, 1.807) is 0 Å². The molecule has 0 aromatic heterocycles. The molecule has 1 saturated heterocycles. The number of rotatable bonds is 6. The van der Waals surface area contributed by atoms with Gasteiger partial charge < -0.3 is 15.4 Å². The number of nitrogens with one attached hydrogen (secondary N) is 2. The Morgan fingerprint density at radius 2 is 2.33 bits per heavy atom. The van der Waals surface area contributed by atoms with Gasteiger partial charge in [0.05, 0.1) is 12.6 Å². The number of nitrogens with zero attached hydrogens (tertiary/aromatic N) is 1. The molecule has 1 aliphatic heterocycles. The van der Waals surface area contributed by atoms with Crippen molar-refractivity contribution in [1.29, 1.82) is 0 Å². The highest BCUT2D eigenvalue weighted by atomic mass is 35.5. The van der Waals surface area contributed by atoms with E-state index in [0.717, 1.165) is 56.5 Å². The van der Waals surface area contributed by atoms with E-state index >= 15 is 0 Å². The minimum Gasteiger partial charge on any atom is -0.376 e. The Labute approximate surface area is 131 Å². The second kappa shape index (κ2) is 8.90.